The Bertz CT molecular complexity index is 942. The van der Waals surface area contributed by atoms with Crippen LogP contribution in [0.5, 0.6) is 5.75 Å². The number of aromatic nitrogens is 2. The summed E-state index contributed by atoms with van der Waals surface area (Å²) in [5.74, 6) is 0.148. The molecule has 0 radical (unpaired) electrons. The van der Waals surface area contributed by atoms with Crippen LogP contribution in [0.1, 0.15) is 24.0 Å². The fraction of sp³-hybridized carbons (Fsp3) is 0.333. The average Bonchev–Trinajstić information content (AvgIpc) is 2.72. The Morgan fingerprint density at radius 3 is 2.81 bits per heavy atom. The zero-order valence-electron chi connectivity index (χ0n) is 15.2. The maximum Gasteiger partial charge on any atom is 0.127 e. The van der Waals surface area contributed by atoms with Crippen molar-refractivity contribution in [1.29, 1.82) is 0 Å². The van der Waals surface area contributed by atoms with Crippen molar-refractivity contribution >= 4 is 10.9 Å². The van der Waals surface area contributed by atoms with Gasteiger partial charge in [0.2, 0.25) is 0 Å². The number of halogens is 1. The molecule has 0 N–H and O–H groups in total. The van der Waals surface area contributed by atoms with Crippen LogP contribution in [0.2, 0.25) is 0 Å². The van der Waals surface area contributed by atoms with E-state index in [1.807, 2.05) is 24.3 Å². The molecular formula is C21H21FN2O3. The van der Waals surface area contributed by atoms with E-state index in [1.165, 1.54) is 18.5 Å². The number of ether oxygens (including phenoxy) is 3. The maximum absolute atomic E-state index is 14.2. The number of hydrogen-bond donors (Lipinski definition) is 0. The molecule has 2 heterocycles. The fourth-order valence-electron chi connectivity index (χ4n) is 3.51. The molecule has 6 heteroatoms. The van der Waals surface area contributed by atoms with Crippen molar-refractivity contribution < 1.29 is 18.6 Å². The fourth-order valence-corrected chi connectivity index (χ4v) is 3.51. The molecule has 4 rings (SSSR count). The Kier molecular flexibility index (Phi) is 5.01. The normalized spacial score (nSPS) is 16.4. The lowest BCUT2D eigenvalue weighted by atomic mass is 9.86. The standard InChI is InChI=1S/C21H21FN2O3/c1-25-21(4-6-26-7-5-21)17-9-18(22)11-19(10-17)27-13-15-2-3-20-16(8-15)12-23-14-24-20/h2-3,8-12,14H,4-7,13H2,1H3. The second kappa shape index (κ2) is 7.58. The quantitative estimate of drug-likeness (QED) is 0.681. The van der Waals surface area contributed by atoms with Crippen LogP contribution in [0.25, 0.3) is 10.9 Å². The highest BCUT2D eigenvalue weighted by atomic mass is 19.1. The topological polar surface area (TPSA) is 53.5 Å². The highest BCUT2D eigenvalue weighted by Gasteiger charge is 2.35. The van der Waals surface area contributed by atoms with Gasteiger partial charge in [-0.15, -0.1) is 0 Å². The molecule has 0 amide bonds. The molecule has 1 aliphatic heterocycles. The molecule has 0 bridgehead atoms. The summed E-state index contributed by atoms with van der Waals surface area (Å²) in [6.45, 7) is 1.52. The summed E-state index contributed by atoms with van der Waals surface area (Å²) in [5, 5.41) is 0.944. The molecule has 0 atom stereocenters. The van der Waals surface area contributed by atoms with E-state index < -0.39 is 5.60 Å². The average molecular weight is 368 g/mol. The number of hydrogen-bond acceptors (Lipinski definition) is 5. The lowest BCUT2D eigenvalue weighted by Crippen LogP contribution is -2.35. The van der Waals surface area contributed by atoms with Gasteiger partial charge in [0.1, 0.15) is 24.5 Å². The highest BCUT2D eigenvalue weighted by molar-refractivity contribution is 5.77. The summed E-state index contributed by atoms with van der Waals surface area (Å²) in [7, 11) is 1.66. The van der Waals surface area contributed by atoms with Gasteiger partial charge in [-0.3, -0.25) is 0 Å². The summed E-state index contributed by atoms with van der Waals surface area (Å²) < 4.78 is 31.3. The molecule has 1 aromatic heterocycles. The van der Waals surface area contributed by atoms with Crippen molar-refractivity contribution in [3.63, 3.8) is 0 Å². The van der Waals surface area contributed by atoms with Gasteiger partial charge in [0.25, 0.3) is 0 Å². The molecule has 140 valence electrons. The van der Waals surface area contributed by atoms with E-state index in [4.69, 9.17) is 14.2 Å². The van der Waals surface area contributed by atoms with Gasteiger partial charge in [-0.05, 0) is 35.4 Å². The van der Waals surface area contributed by atoms with E-state index in [9.17, 15) is 4.39 Å². The Balaban J connectivity index is 1.55. The van der Waals surface area contributed by atoms with Crippen LogP contribution in [-0.4, -0.2) is 30.3 Å². The van der Waals surface area contributed by atoms with E-state index in [-0.39, 0.29) is 5.82 Å². The lowest BCUT2D eigenvalue weighted by Gasteiger charge is -2.36. The third-order valence-electron chi connectivity index (χ3n) is 5.06. The van der Waals surface area contributed by atoms with Gasteiger partial charge in [-0.25, -0.2) is 14.4 Å². The molecule has 1 aliphatic rings. The van der Waals surface area contributed by atoms with E-state index >= 15 is 0 Å². The van der Waals surface area contributed by atoms with E-state index in [0.717, 1.165) is 22.0 Å². The van der Waals surface area contributed by atoms with Gasteiger partial charge >= 0.3 is 0 Å². The number of fused-ring (bicyclic) bond motifs is 1. The largest absolute Gasteiger partial charge is 0.489 e. The Morgan fingerprint density at radius 1 is 1.15 bits per heavy atom. The number of benzene rings is 2. The Morgan fingerprint density at radius 2 is 2.00 bits per heavy atom. The van der Waals surface area contributed by atoms with Crippen molar-refractivity contribution in [2.24, 2.45) is 0 Å². The van der Waals surface area contributed by atoms with Gasteiger partial charge in [0.15, 0.2) is 0 Å². The van der Waals surface area contributed by atoms with Crippen LogP contribution < -0.4 is 4.74 Å². The second-order valence-electron chi connectivity index (χ2n) is 6.69. The first-order chi connectivity index (χ1) is 13.2. The van der Waals surface area contributed by atoms with Gasteiger partial charge in [0, 0.05) is 50.8 Å². The van der Waals surface area contributed by atoms with Crippen molar-refractivity contribution in [2.75, 3.05) is 20.3 Å². The van der Waals surface area contributed by atoms with Crippen molar-refractivity contribution in [2.45, 2.75) is 25.0 Å². The van der Waals surface area contributed by atoms with Crippen LogP contribution in [-0.2, 0) is 21.7 Å². The smallest absolute Gasteiger partial charge is 0.127 e. The van der Waals surface area contributed by atoms with Gasteiger partial charge in [-0.1, -0.05) is 6.07 Å². The molecular weight excluding hydrogens is 347 g/mol. The number of nitrogens with zero attached hydrogens (tertiary/aromatic N) is 2. The number of rotatable bonds is 5. The minimum Gasteiger partial charge on any atom is -0.489 e. The lowest BCUT2D eigenvalue weighted by molar-refractivity contribution is -0.0950. The third-order valence-corrected chi connectivity index (χ3v) is 5.06. The zero-order valence-corrected chi connectivity index (χ0v) is 15.2. The molecule has 0 spiro atoms. The van der Waals surface area contributed by atoms with Crippen molar-refractivity contribution in [3.8, 4) is 5.75 Å². The molecule has 27 heavy (non-hydrogen) atoms. The molecule has 1 saturated heterocycles. The summed E-state index contributed by atoms with van der Waals surface area (Å²) in [4.78, 5) is 8.25. The summed E-state index contributed by atoms with van der Waals surface area (Å²) >= 11 is 0. The van der Waals surface area contributed by atoms with Crippen LogP contribution in [0.15, 0.2) is 48.9 Å². The molecule has 0 saturated carbocycles. The van der Waals surface area contributed by atoms with E-state index in [0.29, 0.717) is 38.4 Å². The molecule has 1 fully saturated rings. The first kappa shape index (κ1) is 17.8. The Labute approximate surface area is 157 Å². The van der Waals surface area contributed by atoms with Crippen LogP contribution in [0, 0.1) is 5.82 Å². The monoisotopic (exact) mass is 368 g/mol. The van der Waals surface area contributed by atoms with E-state index in [2.05, 4.69) is 9.97 Å². The minimum atomic E-state index is -0.529. The van der Waals surface area contributed by atoms with Crippen LogP contribution >= 0.6 is 0 Å². The predicted octanol–water partition coefficient (Wildman–Crippen LogP) is 4.00. The van der Waals surface area contributed by atoms with Crippen molar-refractivity contribution in [1.82, 2.24) is 9.97 Å². The minimum absolute atomic E-state index is 0.330. The molecule has 5 nitrogen and oxygen atoms in total. The summed E-state index contributed by atoms with van der Waals surface area (Å²) in [6.07, 6.45) is 4.67. The summed E-state index contributed by atoms with van der Waals surface area (Å²) in [6, 6.07) is 10.6. The molecule has 2 aromatic carbocycles. The molecule has 3 aromatic rings. The summed E-state index contributed by atoms with van der Waals surface area (Å²) in [5.41, 5.74) is 2.10. The van der Waals surface area contributed by atoms with Gasteiger partial charge < -0.3 is 14.2 Å². The predicted molar refractivity (Wildman–Crippen MR) is 99.0 cm³/mol. The zero-order chi connectivity index (χ0) is 18.7. The molecule has 0 aliphatic carbocycles. The SMILES string of the molecule is COC1(c2cc(F)cc(OCc3ccc4ncncc4c3)c2)CCOCC1. The Hall–Kier alpha value is -2.57. The van der Waals surface area contributed by atoms with Crippen molar-refractivity contribution in [3.05, 3.63) is 65.9 Å². The second-order valence-corrected chi connectivity index (χ2v) is 6.69. The van der Waals surface area contributed by atoms with Gasteiger partial charge in [0.05, 0.1) is 11.1 Å². The first-order valence-electron chi connectivity index (χ1n) is 8.94. The number of methoxy groups -OCH3 is 1. The van der Waals surface area contributed by atoms with Gasteiger partial charge in [-0.2, -0.15) is 0 Å². The third kappa shape index (κ3) is 3.77. The van der Waals surface area contributed by atoms with E-state index in [1.54, 1.807) is 13.3 Å². The maximum atomic E-state index is 14.2. The van der Waals surface area contributed by atoms with Crippen LogP contribution in [0.3, 0.4) is 0 Å². The first-order valence-corrected chi connectivity index (χ1v) is 8.94. The molecule has 0 unspecified atom stereocenters. The highest BCUT2D eigenvalue weighted by Crippen LogP contribution is 2.37. The van der Waals surface area contributed by atoms with Crippen LogP contribution in [0.4, 0.5) is 4.39 Å².